The molecular weight excluding hydrogens is 643 g/mol. The van der Waals surface area contributed by atoms with Crippen LogP contribution in [-0.4, -0.2) is 44.2 Å². The van der Waals surface area contributed by atoms with E-state index in [-0.39, 0.29) is 12.8 Å². The van der Waals surface area contributed by atoms with E-state index in [0.717, 1.165) is 31.4 Å². The quantitative estimate of drug-likeness (QED) is 0.116. The highest BCUT2D eigenvalue weighted by atomic mass is 35.5. The lowest BCUT2D eigenvalue weighted by atomic mass is 10.0. The topological polar surface area (TPSA) is 99.1 Å². The summed E-state index contributed by atoms with van der Waals surface area (Å²) in [6.07, 6.45) is -0.288. The highest BCUT2D eigenvalue weighted by molar-refractivity contribution is 6.32. The lowest BCUT2D eigenvalue weighted by Crippen LogP contribution is -2.09. The number of benzene rings is 4. The molecule has 0 radical (unpaired) electrons. The van der Waals surface area contributed by atoms with Crippen LogP contribution in [-0.2, 0) is 22.4 Å². The maximum Gasteiger partial charge on any atom is 0.343 e. The average Bonchev–Trinajstić information content (AvgIpc) is 2.99. The number of rotatable bonds is 8. The molecule has 0 fully saturated rings. The number of ketones is 1. The molecule has 0 saturated heterocycles. The Hall–Kier alpha value is -4.61. The molecule has 13 heteroatoms. The van der Waals surface area contributed by atoms with Crippen molar-refractivity contribution < 1.29 is 51.3 Å². The zero-order valence-corrected chi connectivity index (χ0v) is 25.5. The van der Waals surface area contributed by atoms with Crippen molar-refractivity contribution >= 4 is 40.9 Å². The van der Waals surface area contributed by atoms with Crippen molar-refractivity contribution in [2.24, 2.45) is 0 Å². The molecule has 0 saturated carbocycles. The molecule has 45 heavy (non-hydrogen) atoms. The molecule has 0 aliphatic heterocycles. The van der Waals surface area contributed by atoms with Crippen molar-refractivity contribution in [2.75, 3.05) is 21.3 Å². The maximum absolute atomic E-state index is 13.5. The number of ether oxygens (including phenoxy) is 3. The van der Waals surface area contributed by atoms with Gasteiger partial charge in [-0.25, -0.2) is 22.4 Å². The van der Waals surface area contributed by atoms with Gasteiger partial charge in [-0.05, 0) is 71.8 Å². The number of carboxylic acid groups (broad SMARTS) is 1. The van der Waals surface area contributed by atoms with Crippen molar-refractivity contribution in [2.45, 2.75) is 12.8 Å². The number of methoxy groups -OCH3 is 3. The SMILES string of the molecule is COC(=O)c1c(F)cccc1F.COc1ccc(Cl)c(CC(=O)O)c1.COc1ccc(Cl)c(CC(=O)c2c(F)cccc2F)c1. The number of aliphatic carboxylic acids is 1. The van der Waals surface area contributed by atoms with Crippen LogP contribution in [0.3, 0.4) is 0 Å². The summed E-state index contributed by atoms with van der Waals surface area (Å²) in [4.78, 5) is 33.2. The number of halogens is 6. The van der Waals surface area contributed by atoms with E-state index >= 15 is 0 Å². The highest BCUT2D eigenvalue weighted by Gasteiger charge is 2.19. The van der Waals surface area contributed by atoms with Crippen molar-refractivity contribution in [1.29, 1.82) is 0 Å². The lowest BCUT2D eigenvalue weighted by molar-refractivity contribution is -0.136. The van der Waals surface area contributed by atoms with Gasteiger partial charge in [0, 0.05) is 16.5 Å². The van der Waals surface area contributed by atoms with E-state index in [1.807, 2.05) is 0 Å². The zero-order valence-electron chi connectivity index (χ0n) is 24.0. The third-order valence-electron chi connectivity index (χ3n) is 5.79. The fourth-order valence-corrected chi connectivity index (χ4v) is 3.98. The summed E-state index contributed by atoms with van der Waals surface area (Å²) in [6, 6.07) is 16.2. The molecule has 0 unspecified atom stereocenters. The van der Waals surface area contributed by atoms with Crippen LogP contribution in [0.4, 0.5) is 17.6 Å². The molecule has 0 amide bonds. The third-order valence-corrected chi connectivity index (χ3v) is 6.53. The van der Waals surface area contributed by atoms with E-state index in [0.29, 0.717) is 32.7 Å². The first-order valence-corrected chi connectivity index (χ1v) is 13.4. The lowest BCUT2D eigenvalue weighted by Gasteiger charge is -2.08. The Kier molecular flexibility index (Phi) is 14.3. The van der Waals surface area contributed by atoms with Crippen LogP contribution < -0.4 is 9.47 Å². The van der Waals surface area contributed by atoms with Crippen LogP contribution in [0.15, 0.2) is 72.8 Å². The van der Waals surface area contributed by atoms with Gasteiger partial charge in [0.05, 0.1) is 33.3 Å². The Morgan fingerprint density at radius 3 is 1.42 bits per heavy atom. The summed E-state index contributed by atoms with van der Waals surface area (Å²) in [5.74, 6) is -5.05. The Morgan fingerprint density at radius 2 is 1.04 bits per heavy atom. The predicted octanol–water partition coefficient (Wildman–Crippen LogP) is 7.78. The van der Waals surface area contributed by atoms with Crippen LogP contribution in [0.25, 0.3) is 0 Å². The van der Waals surface area contributed by atoms with Gasteiger partial charge in [0.1, 0.15) is 40.3 Å². The third kappa shape index (κ3) is 10.8. The standard InChI is InChI=1S/C15H11ClF2O2.C9H9ClO3.C8H6F2O2/c1-20-10-5-6-11(16)9(7-10)8-14(19)15-12(17)3-2-4-13(15)18;1-13-7-2-3-8(10)6(4-7)5-9(11)12;1-12-8(11)7-5(9)3-2-4-6(7)10/h2-7H,8H2,1H3;2-4H,5H2,1H3,(H,11,12);2-4H,1H3. The number of hydrogen-bond donors (Lipinski definition) is 1. The van der Waals surface area contributed by atoms with E-state index in [4.69, 9.17) is 37.8 Å². The van der Waals surface area contributed by atoms with Gasteiger partial charge in [-0.1, -0.05) is 35.3 Å². The number of hydrogen-bond acceptors (Lipinski definition) is 6. The summed E-state index contributed by atoms with van der Waals surface area (Å²) < 4.78 is 66.7. The Bertz CT molecular complexity index is 1620. The minimum absolute atomic E-state index is 0.0873. The molecule has 0 atom stereocenters. The average molecular weight is 669 g/mol. The normalized spacial score (nSPS) is 9.98. The number of carboxylic acids is 1. The minimum Gasteiger partial charge on any atom is -0.497 e. The Balaban J connectivity index is 0.000000247. The maximum atomic E-state index is 13.5. The van der Waals surface area contributed by atoms with Crippen LogP contribution in [0.2, 0.25) is 10.0 Å². The largest absolute Gasteiger partial charge is 0.497 e. The van der Waals surface area contributed by atoms with Gasteiger partial charge in [0.15, 0.2) is 5.78 Å². The summed E-state index contributed by atoms with van der Waals surface area (Å²) in [6.45, 7) is 0. The van der Waals surface area contributed by atoms with Crippen molar-refractivity contribution in [3.8, 4) is 11.5 Å². The van der Waals surface area contributed by atoms with Gasteiger partial charge >= 0.3 is 11.9 Å². The van der Waals surface area contributed by atoms with Gasteiger partial charge in [-0.2, -0.15) is 0 Å². The fraction of sp³-hybridized carbons (Fsp3) is 0.156. The number of esters is 1. The van der Waals surface area contributed by atoms with Crippen LogP contribution >= 0.6 is 23.2 Å². The van der Waals surface area contributed by atoms with Crippen molar-refractivity contribution in [3.63, 3.8) is 0 Å². The molecule has 0 bridgehead atoms. The first-order chi connectivity index (χ1) is 21.3. The molecule has 4 rings (SSSR count). The molecule has 0 heterocycles. The second-order valence-corrected chi connectivity index (χ2v) is 9.58. The molecule has 0 aromatic heterocycles. The van der Waals surface area contributed by atoms with E-state index < -0.39 is 52.1 Å². The molecule has 1 N–H and O–H groups in total. The van der Waals surface area contributed by atoms with E-state index in [2.05, 4.69) is 4.74 Å². The second-order valence-electron chi connectivity index (χ2n) is 8.77. The smallest absolute Gasteiger partial charge is 0.343 e. The van der Waals surface area contributed by atoms with Crippen molar-refractivity contribution in [3.05, 3.63) is 128 Å². The van der Waals surface area contributed by atoms with Gasteiger partial charge < -0.3 is 19.3 Å². The Labute approximate surface area is 265 Å². The molecule has 0 aliphatic rings. The van der Waals surface area contributed by atoms with Crippen molar-refractivity contribution in [1.82, 2.24) is 0 Å². The molecular formula is C32H26Cl2F4O7. The van der Waals surface area contributed by atoms with E-state index in [9.17, 15) is 31.9 Å². The van der Waals surface area contributed by atoms with Gasteiger partial charge in [0.2, 0.25) is 0 Å². The predicted molar refractivity (Wildman–Crippen MR) is 159 cm³/mol. The van der Waals surface area contributed by atoms with E-state index in [1.54, 1.807) is 36.4 Å². The first-order valence-electron chi connectivity index (χ1n) is 12.7. The van der Waals surface area contributed by atoms with Crippen LogP contribution in [0.5, 0.6) is 11.5 Å². The minimum atomic E-state index is -1.01. The van der Waals surface area contributed by atoms with Crippen LogP contribution in [0.1, 0.15) is 31.8 Å². The summed E-state index contributed by atoms with van der Waals surface area (Å²) >= 11 is 11.7. The van der Waals surface area contributed by atoms with Crippen LogP contribution in [0, 0.1) is 23.3 Å². The fourth-order valence-electron chi connectivity index (χ4n) is 3.61. The molecule has 0 aliphatic carbocycles. The zero-order chi connectivity index (χ0) is 33.7. The molecule has 0 spiro atoms. The van der Waals surface area contributed by atoms with Gasteiger partial charge in [-0.15, -0.1) is 0 Å². The second kappa shape index (κ2) is 17.6. The van der Waals surface area contributed by atoms with Gasteiger partial charge in [-0.3, -0.25) is 9.59 Å². The molecule has 7 nitrogen and oxygen atoms in total. The molecule has 4 aromatic carbocycles. The Morgan fingerprint density at radius 1 is 0.644 bits per heavy atom. The monoisotopic (exact) mass is 668 g/mol. The van der Waals surface area contributed by atoms with E-state index in [1.165, 1.54) is 26.4 Å². The summed E-state index contributed by atoms with van der Waals surface area (Å²) in [5.41, 5.74) is -0.182. The van der Waals surface area contributed by atoms with Gasteiger partial charge in [0.25, 0.3) is 0 Å². The molecule has 4 aromatic rings. The number of Topliss-reactive ketones (excluding diaryl/α,β-unsaturated/α-hetero) is 1. The number of carbonyl (C=O) groups excluding carboxylic acids is 2. The highest BCUT2D eigenvalue weighted by Crippen LogP contribution is 2.25. The number of carbonyl (C=O) groups is 3. The summed E-state index contributed by atoms with van der Waals surface area (Å²) in [5, 5.41) is 9.35. The first kappa shape index (κ1) is 36.6. The molecule has 238 valence electrons. The summed E-state index contributed by atoms with van der Waals surface area (Å²) in [7, 11) is 4.06.